The molecule has 0 aromatic rings. The number of ether oxygens (including phenoxy) is 3. The molecular weight excluding hydrogens is 416 g/mol. The lowest BCUT2D eigenvalue weighted by molar-refractivity contribution is -0.191. The van der Waals surface area contributed by atoms with Crippen LogP contribution in [0.2, 0.25) is 0 Å². The minimum atomic E-state index is -0.140. The van der Waals surface area contributed by atoms with Gasteiger partial charge in [-0.05, 0) is 71.1 Å². The van der Waals surface area contributed by atoms with Crippen LogP contribution < -0.4 is 0 Å². The number of Topliss-reactive ketones (excluding diaryl/α,β-unsaturated/α-hetero) is 1. The van der Waals surface area contributed by atoms with Gasteiger partial charge in [-0.2, -0.15) is 0 Å². The number of unbranched alkanes of at least 4 members (excludes halogenated alkanes) is 5. The van der Waals surface area contributed by atoms with Crippen molar-refractivity contribution in [2.75, 3.05) is 13.7 Å². The molecular formula is C28H50O5. The van der Waals surface area contributed by atoms with Crippen molar-refractivity contribution in [3.8, 4) is 0 Å². The molecule has 1 aliphatic rings. The molecule has 0 bridgehead atoms. The zero-order chi connectivity index (χ0) is 24.3. The first-order chi connectivity index (χ1) is 16.0. The highest BCUT2D eigenvalue weighted by Crippen LogP contribution is 2.29. The summed E-state index contributed by atoms with van der Waals surface area (Å²) < 4.78 is 16.9. The zero-order valence-corrected chi connectivity index (χ0v) is 21.8. The molecule has 5 nitrogen and oxygen atoms in total. The van der Waals surface area contributed by atoms with E-state index in [-0.39, 0.29) is 36.0 Å². The molecule has 0 N–H and O–H groups in total. The van der Waals surface area contributed by atoms with Crippen LogP contribution in [0.4, 0.5) is 0 Å². The normalized spacial score (nSPS) is 19.3. The Morgan fingerprint density at radius 1 is 1.00 bits per heavy atom. The molecule has 192 valence electrons. The van der Waals surface area contributed by atoms with E-state index in [1.165, 1.54) is 32.8 Å². The van der Waals surface area contributed by atoms with Gasteiger partial charge in [-0.15, -0.1) is 0 Å². The molecule has 4 atom stereocenters. The van der Waals surface area contributed by atoms with Crippen LogP contribution in [-0.2, 0) is 23.8 Å². The van der Waals surface area contributed by atoms with E-state index in [2.05, 4.69) is 19.1 Å². The Morgan fingerprint density at radius 3 is 2.39 bits per heavy atom. The standard InChI is InChI=1S/C28H50O5/c1-5-7-10-16-25(33-28-19-13-14-22-32-28)21-20-24(15-6-2)26(23(3)29)17-11-8-9-12-18-27(30)31-4/h6,15,24-26,28H,5,7-14,16-22H2,1-4H3. The molecule has 1 saturated heterocycles. The molecule has 1 heterocycles. The Labute approximate surface area is 203 Å². The fourth-order valence-corrected chi connectivity index (χ4v) is 4.80. The van der Waals surface area contributed by atoms with E-state index in [1.807, 2.05) is 6.92 Å². The SMILES string of the molecule is CC=CC(CCC(CCCCC)OC1CCCCO1)C(CCCCCCC(=O)OC)C(C)=O. The summed E-state index contributed by atoms with van der Waals surface area (Å²) in [6, 6.07) is 0. The van der Waals surface area contributed by atoms with Crippen molar-refractivity contribution in [3.05, 3.63) is 12.2 Å². The van der Waals surface area contributed by atoms with Crippen LogP contribution in [0.1, 0.15) is 117 Å². The molecule has 5 heteroatoms. The van der Waals surface area contributed by atoms with Crippen LogP contribution in [-0.4, -0.2) is 37.9 Å². The van der Waals surface area contributed by atoms with Crippen LogP contribution in [0, 0.1) is 11.8 Å². The topological polar surface area (TPSA) is 61.8 Å². The second-order valence-electron chi connectivity index (χ2n) is 9.56. The molecule has 0 spiro atoms. The van der Waals surface area contributed by atoms with Crippen LogP contribution in [0.25, 0.3) is 0 Å². The van der Waals surface area contributed by atoms with E-state index >= 15 is 0 Å². The molecule has 33 heavy (non-hydrogen) atoms. The summed E-state index contributed by atoms with van der Waals surface area (Å²) in [5, 5.41) is 0. The predicted octanol–water partition coefficient (Wildman–Crippen LogP) is 7.17. The number of methoxy groups -OCH3 is 1. The Kier molecular flexibility index (Phi) is 17.3. The largest absolute Gasteiger partial charge is 0.469 e. The summed E-state index contributed by atoms with van der Waals surface area (Å²) in [6.45, 7) is 6.82. The van der Waals surface area contributed by atoms with Gasteiger partial charge in [-0.25, -0.2) is 0 Å². The third-order valence-electron chi connectivity index (χ3n) is 6.79. The maximum atomic E-state index is 12.5. The second kappa shape index (κ2) is 19.1. The Balaban J connectivity index is 2.58. The quantitative estimate of drug-likeness (QED) is 0.115. The third-order valence-corrected chi connectivity index (χ3v) is 6.79. The van der Waals surface area contributed by atoms with Gasteiger partial charge in [0.15, 0.2) is 6.29 Å². The highest BCUT2D eigenvalue weighted by molar-refractivity contribution is 5.78. The molecule has 4 unspecified atom stereocenters. The number of rotatable bonds is 19. The maximum Gasteiger partial charge on any atom is 0.305 e. The molecule has 0 aromatic heterocycles. The predicted molar refractivity (Wildman–Crippen MR) is 134 cm³/mol. The van der Waals surface area contributed by atoms with Gasteiger partial charge in [0.25, 0.3) is 0 Å². The van der Waals surface area contributed by atoms with Crippen molar-refractivity contribution in [1.29, 1.82) is 0 Å². The first-order valence-corrected chi connectivity index (χ1v) is 13.5. The first kappa shape index (κ1) is 29.8. The minimum absolute atomic E-state index is 0.0564. The van der Waals surface area contributed by atoms with Crippen molar-refractivity contribution in [2.45, 2.75) is 129 Å². The summed E-state index contributed by atoms with van der Waals surface area (Å²) in [7, 11) is 1.43. The van der Waals surface area contributed by atoms with Gasteiger partial charge in [0.2, 0.25) is 0 Å². The summed E-state index contributed by atoms with van der Waals surface area (Å²) in [5.74, 6) is 0.460. The van der Waals surface area contributed by atoms with Gasteiger partial charge in [-0.1, -0.05) is 57.6 Å². The minimum Gasteiger partial charge on any atom is -0.469 e. The lowest BCUT2D eigenvalue weighted by atomic mass is 9.81. The lowest BCUT2D eigenvalue weighted by Crippen LogP contribution is -2.29. The Hall–Kier alpha value is -1.20. The molecule has 0 amide bonds. The summed E-state index contributed by atoms with van der Waals surface area (Å²) >= 11 is 0. The number of hydrogen-bond acceptors (Lipinski definition) is 5. The van der Waals surface area contributed by atoms with E-state index in [4.69, 9.17) is 14.2 Å². The van der Waals surface area contributed by atoms with Crippen molar-refractivity contribution in [1.82, 2.24) is 0 Å². The second-order valence-corrected chi connectivity index (χ2v) is 9.56. The lowest BCUT2D eigenvalue weighted by Gasteiger charge is -2.30. The van der Waals surface area contributed by atoms with Gasteiger partial charge in [0.1, 0.15) is 5.78 Å². The Bertz CT molecular complexity index is 538. The van der Waals surface area contributed by atoms with Crippen LogP contribution >= 0.6 is 0 Å². The van der Waals surface area contributed by atoms with Gasteiger partial charge in [0, 0.05) is 18.9 Å². The maximum absolute atomic E-state index is 12.5. The molecule has 1 rings (SSSR count). The van der Waals surface area contributed by atoms with Gasteiger partial charge >= 0.3 is 5.97 Å². The summed E-state index contributed by atoms with van der Waals surface area (Å²) in [6.07, 6.45) is 19.7. The fraction of sp³-hybridized carbons (Fsp3) is 0.857. The van der Waals surface area contributed by atoms with Gasteiger partial charge < -0.3 is 14.2 Å². The van der Waals surface area contributed by atoms with Crippen molar-refractivity contribution < 1.29 is 23.8 Å². The van der Waals surface area contributed by atoms with Gasteiger partial charge in [0.05, 0.1) is 13.2 Å². The highest BCUT2D eigenvalue weighted by atomic mass is 16.7. The van der Waals surface area contributed by atoms with E-state index in [0.717, 1.165) is 70.8 Å². The van der Waals surface area contributed by atoms with E-state index in [9.17, 15) is 9.59 Å². The highest BCUT2D eigenvalue weighted by Gasteiger charge is 2.26. The van der Waals surface area contributed by atoms with E-state index in [0.29, 0.717) is 6.42 Å². The number of carbonyl (C=O) groups is 2. The van der Waals surface area contributed by atoms with Crippen molar-refractivity contribution in [2.24, 2.45) is 11.8 Å². The first-order valence-electron chi connectivity index (χ1n) is 13.5. The fourth-order valence-electron chi connectivity index (χ4n) is 4.80. The molecule has 0 radical (unpaired) electrons. The molecule has 1 aliphatic heterocycles. The monoisotopic (exact) mass is 466 g/mol. The van der Waals surface area contributed by atoms with Crippen molar-refractivity contribution >= 4 is 11.8 Å². The number of hydrogen-bond donors (Lipinski definition) is 0. The average molecular weight is 467 g/mol. The smallest absolute Gasteiger partial charge is 0.305 e. The van der Waals surface area contributed by atoms with Gasteiger partial charge in [-0.3, -0.25) is 9.59 Å². The number of esters is 1. The molecule has 0 saturated carbocycles. The number of allylic oxidation sites excluding steroid dienone is 2. The molecule has 0 aromatic carbocycles. The average Bonchev–Trinajstić information content (AvgIpc) is 2.81. The van der Waals surface area contributed by atoms with Crippen LogP contribution in [0.3, 0.4) is 0 Å². The molecule has 0 aliphatic carbocycles. The third kappa shape index (κ3) is 13.9. The Morgan fingerprint density at radius 2 is 1.76 bits per heavy atom. The zero-order valence-electron chi connectivity index (χ0n) is 21.8. The number of carbonyl (C=O) groups excluding carboxylic acids is 2. The molecule has 1 fully saturated rings. The van der Waals surface area contributed by atoms with E-state index in [1.54, 1.807) is 6.92 Å². The van der Waals surface area contributed by atoms with Crippen molar-refractivity contribution in [3.63, 3.8) is 0 Å². The van der Waals surface area contributed by atoms with E-state index < -0.39 is 0 Å². The van der Waals surface area contributed by atoms with Crippen LogP contribution in [0.5, 0.6) is 0 Å². The summed E-state index contributed by atoms with van der Waals surface area (Å²) in [5.41, 5.74) is 0. The number of ketones is 1. The van der Waals surface area contributed by atoms with Crippen LogP contribution in [0.15, 0.2) is 12.2 Å². The summed E-state index contributed by atoms with van der Waals surface area (Å²) in [4.78, 5) is 23.8.